The maximum atomic E-state index is 11.6. The van der Waals surface area contributed by atoms with E-state index in [0.29, 0.717) is 16.4 Å². The van der Waals surface area contributed by atoms with Gasteiger partial charge in [0.2, 0.25) is 0 Å². The number of nitrogens with zero attached hydrogens (tertiary/aromatic N) is 2. The number of carbonyl (C=O) groups is 1. The molecule has 1 aromatic carbocycles. The molecule has 1 aromatic heterocycles. The number of carbonyl (C=O) groups excluding carboxylic acids is 1. The summed E-state index contributed by atoms with van der Waals surface area (Å²) in [7, 11) is 0. The summed E-state index contributed by atoms with van der Waals surface area (Å²) in [5, 5.41) is 3.14. The smallest absolute Gasteiger partial charge is 0.277 e. The lowest BCUT2D eigenvalue weighted by Gasteiger charge is -2.03. The average molecular weight is 240 g/mol. The summed E-state index contributed by atoms with van der Waals surface area (Å²) < 4.78 is 7.56. The predicted molar refractivity (Wildman–Crippen MR) is 59.3 cm³/mol. The number of hydrogen-bond donors (Lipinski definition) is 1. The van der Waals surface area contributed by atoms with E-state index in [4.69, 9.17) is 11.6 Å². The van der Waals surface area contributed by atoms with Crippen LogP contribution in [0.4, 0.5) is 5.69 Å². The molecule has 0 aliphatic carbocycles. The number of halogens is 1. The molecule has 0 aliphatic heterocycles. The van der Waals surface area contributed by atoms with Gasteiger partial charge in [0.05, 0.1) is 28.6 Å². The van der Waals surface area contributed by atoms with E-state index in [-0.39, 0.29) is 5.91 Å². The lowest BCUT2D eigenvalue weighted by molar-refractivity contribution is 0.102. The first-order valence-electron chi connectivity index (χ1n) is 4.11. The minimum Gasteiger partial charge on any atom is -0.319 e. The fraction of sp³-hybridized carbons (Fsp3) is 0. The fourth-order valence-electron chi connectivity index (χ4n) is 1.01. The molecule has 1 N–H and O–H groups in total. The van der Waals surface area contributed by atoms with Crippen LogP contribution < -0.4 is 5.32 Å². The Bertz CT molecular complexity index is 472. The topological polar surface area (TPSA) is 54.9 Å². The molecule has 0 unspecified atom stereocenters. The normalized spacial score (nSPS) is 9.93. The summed E-state index contributed by atoms with van der Waals surface area (Å²) in [5.74, 6) is -0.308. The third-order valence-electron chi connectivity index (χ3n) is 1.72. The Morgan fingerprint density at radius 3 is 2.87 bits per heavy atom. The molecular formula is C9H6ClN3OS. The summed E-state index contributed by atoms with van der Waals surface area (Å²) in [6.45, 7) is 0. The highest BCUT2D eigenvalue weighted by Gasteiger charge is 2.10. The quantitative estimate of drug-likeness (QED) is 0.876. The van der Waals surface area contributed by atoms with Gasteiger partial charge in [-0.3, -0.25) is 4.79 Å². The van der Waals surface area contributed by atoms with Gasteiger partial charge in [-0.05, 0) is 12.1 Å². The molecule has 0 atom stereocenters. The lowest BCUT2D eigenvalue weighted by atomic mass is 10.3. The van der Waals surface area contributed by atoms with Crippen molar-refractivity contribution in [3.63, 3.8) is 0 Å². The van der Waals surface area contributed by atoms with Crippen LogP contribution in [0.15, 0.2) is 30.5 Å². The van der Waals surface area contributed by atoms with Gasteiger partial charge < -0.3 is 5.32 Å². The number of para-hydroxylation sites is 1. The summed E-state index contributed by atoms with van der Waals surface area (Å²) in [5.41, 5.74) is 0.858. The number of rotatable bonds is 2. The number of nitrogens with one attached hydrogen (secondary N) is 1. The molecule has 0 saturated carbocycles. The van der Waals surface area contributed by atoms with Crippen LogP contribution in [-0.2, 0) is 0 Å². The first kappa shape index (κ1) is 10.1. The van der Waals surface area contributed by atoms with Crippen molar-refractivity contribution in [1.29, 1.82) is 0 Å². The van der Waals surface area contributed by atoms with Crippen LogP contribution in [0.1, 0.15) is 10.5 Å². The van der Waals surface area contributed by atoms with Gasteiger partial charge in [-0.25, -0.2) is 0 Å². The SMILES string of the molecule is O=C(Nc1ccccc1Cl)c1cnsn1. The van der Waals surface area contributed by atoms with Gasteiger partial charge in [-0.2, -0.15) is 8.75 Å². The Labute approximate surface area is 95.2 Å². The molecule has 1 amide bonds. The highest BCUT2D eigenvalue weighted by molar-refractivity contribution is 6.99. The molecule has 2 rings (SSSR count). The van der Waals surface area contributed by atoms with Crippen molar-refractivity contribution in [3.8, 4) is 0 Å². The largest absolute Gasteiger partial charge is 0.319 e. The molecule has 0 bridgehead atoms. The molecule has 1 heterocycles. The maximum Gasteiger partial charge on any atom is 0.277 e. The zero-order valence-corrected chi connectivity index (χ0v) is 9.05. The Morgan fingerprint density at radius 1 is 1.40 bits per heavy atom. The predicted octanol–water partition coefficient (Wildman–Crippen LogP) is 2.44. The Balaban J connectivity index is 2.17. The molecule has 15 heavy (non-hydrogen) atoms. The van der Waals surface area contributed by atoms with Crippen molar-refractivity contribution in [3.05, 3.63) is 41.2 Å². The fourth-order valence-corrected chi connectivity index (χ4v) is 1.61. The molecule has 0 saturated heterocycles. The van der Waals surface area contributed by atoms with Gasteiger partial charge in [0, 0.05) is 0 Å². The first-order valence-corrected chi connectivity index (χ1v) is 5.21. The molecule has 0 aliphatic rings. The van der Waals surface area contributed by atoms with Crippen molar-refractivity contribution >= 4 is 34.9 Å². The Kier molecular flexibility index (Phi) is 2.94. The first-order chi connectivity index (χ1) is 7.27. The van der Waals surface area contributed by atoms with E-state index in [1.807, 2.05) is 0 Å². The average Bonchev–Trinajstić information content (AvgIpc) is 2.74. The zero-order chi connectivity index (χ0) is 10.7. The zero-order valence-electron chi connectivity index (χ0n) is 7.48. The number of hydrogen-bond acceptors (Lipinski definition) is 4. The van der Waals surface area contributed by atoms with Crippen LogP contribution in [0.25, 0.3) is 0 Å². The van der Waals surface area contributed by atoms with Gasteiger partial charge in [0.1, 0.15) is 0 Å². The molecular weight excluding hydrogens is 234 g/mol. The Hall–Kier alpha value is -1.46. The minimum atomic E-state index is -0.308. The van der Waals surface area contributed by atoms with Crippen molar-refractivity contribution < 1.29 is 4.79 Å². The lowest BCUT2D eigenvalue weighted by Crippen LogP contribution is -2.12. The third kappa shape index (κ3) is 2.31. The van der Waals surface area contributed by atoms with Gasteiger partial charge in [-0.1, -0.05) is 23.7 Å². The molecule has 6 heteroatoms. The van der Waals surface area contributed by atoms with E-state index in [9.17, 15) is 4.79 Å². The van der Waals surface area contributed by atoms with Crippen molar-refractivity contribution in [2.75, 3.05) is 5.32 Å². The van der Waals surface area contributed by atoms with Crippen LogP contribution in [0.5, 0.6) is 0 Å². The van der Waals surface area contributed by atoms with Crippen LogP contribution in [0.3, 0.4) is 0 Å². The standard InChI is InChI=1S/C9H6ClN3OS/c10-6-3-1-2-4-7(6)12-9(14)8-5-11-15-13-8/h1-5H,(H,12,14). The number of aromatic nitrogens is 2. The summed E-state index contributed by atoms with van der Waals surface area (Å²) in [4.78, 5) is 11.6. The highest BCUT2D eigenvalue weighted by Crippen LogP contribution is 2.20. The molecule has 0 radical (unpaired) electrons. The van der Waals surface area contributed by atoms with Gasteiger partial charge in [0.15, 0.2) is 5.69 Å². The monoisotopic (exact) mass is 239 g/mol. The molecule has 4 nitrogen and oxygen atoms in total. The van der Waals surface area contributed by atoms with E-state index < -0.39 is 0 Å². The second-order valence-electron chi connectivity index (χ2n) is 2.73. The van der Waals surface area contributed by atoms with Crippen LogP contribution >= 0.6 is 23.3 Å². The minimum absolute atomic E-state index is 0.292. The second kappa shape index (κ2) is 4.37. The third-order valence-corrected chi connectivity index (χ3v) is 2.52. The van der Waals surface area contributed by atoms with Gasteiger partial charge >= 0.3 is 0 Å². The van der Waals surface area contributed by atoms with Gasteiger partial charge in [0.25, 0.3) is 5.91 Å². The van der Waals surface area contributed by atoms with E-state index in [1.165, 1.54) is 6.20 Å². The Morgan fingerprint density at radius 2 is 2.20 bits per heavy atom. The summed E-state index contributed by atoms with van der Waals surface area (Å²) in [6.07, 6.45) is 1.41. The number of amides is 1. The highest BCUT2D eigenvalue weighted by atomic mass is 35.5. The van der Waals surface area contributed by atoms with E-state index in [1.54, 1.807) is 24.3 Å². The number of anilines is 1. The van der Waals surface area contributed by atoms with Crippen LogP contribution in [0.2, 0.25) is 5.02 Å². The molecule has 0 spiro atoms. The van der Waals surface area contributed by atoms with Gasteiger partial charge in [-0.15, -0.1) is 0 Å². The van der Waals surface area contributed by atoms with Crippen molar-refractivity contribution in [2.24, 2.45) is 0 Å². The van der Waals surface area contributed by atoms with E-state index in [0.717, 1.165) is 11.7 Å². The molecule has 76 valence electrons. The maximum absolute atomic E-state index is 11.6. The molecule has 0 fully saturated rings. The number of benzene rings is 1. The second-order valence-corrected chi connectivity index (χ2v) is 3.69. The molecule has 2 aromatic rings. The van der Waals surface area contributed by atoms with E-state index >= 15 is 0 Å². The van der Waals surface area contributed by atoms with Crippen molar-refractivity contribution in [2.45, 2.75) is 0 Å². The van der Waals surface area contributed by atoms with Crippen LogP contribution in [-0.4, -0.2) is 14.7 Å². The van der Waals surface area contributed by atoms with Crippen molar-refractivity contribution in [1.82, 2.24) is 8.75 Å². The van der Waals surface area contributed by atoms with Crippen LogP contribution in [0, 0.1) is 0 Å². The van der Waals surface area contributed by atoms with E-state index in [2.05, 4.69) is 14.1 Å². The summed E-state index contributed by atoms with van der Waals surface area (Å²) >= 11 is 6.87. The summed E-state index contributed by atoms with van der Waals surface area (Å²) in [6, 6.07) is 7.01.